The Morgan fingerprint density at radius 2 is 1.92 bits per heavy atom. The topological polar surface area (TPSA) is 59.6 Å². The van der Waals surface area contributed by atoms with E-state index in [1.807, 2.05) is 44.2 Å². The molecule has 0 heterocycles. The molecule has 0 saturated carbocycles. The van der Waals surface area contributed by atoms with Crippen molar-refractivity contribution in [3.63, 3.8) is 0 Å². The Balaban J connectivity index is 1.91. The molecule has 0 unspecified atom stereocenters. The third-order valence-electron chi connectivity index (χ3n) is 3.35. The van der Waals surface area contributed by atoms with E-state index in [1.165, 1.54) is 0 Å². The van der Waals surface area contributed by atoms with Crippen LogP contribution in [0.1, 0.15) is 36.7 Å². The maximum absolute atomic E-state index is 11.8. The molecule has 2 aromatic carbocycles. The van der Waals surface area contributed by atoms with Gasteiger partial charge < -0.3 is 20.1 Å². The third kappa shape index (κ3) is 6.37. The summed E-state index contributed by atoms with van der Waals surface area (Å²) in [5.74, 6) is 0.484. The molecular formula is C20H24N2O3S. The van der Waals surface area contributed by atoms with Crippen molar-refractivity contribution in [3.8, 4) is 5.75 Å². The number of carbonyl (C=O) groups excluding carboxylic acids is 1. The smallest absolute Gasteiger partial charge is 0.338 e. The summed E-state index contributed by atoms with van der Waals surface area (Å²) in [5.41, 5.74) is 2.27. The summed E-state index contributed by atoms with van der Waals surface area (Å²) in [6.45, 7) is 6.68. The van der Waals surface area contributed by atoms with E-state index >= 15 is 0 Å². The molecule has 6 heteroatoms. The molecule has 0 bridgehead atoms. The number of hydrogen-bond acceptors (Lipinski definition) is 4. The molecule has 138 valence electrons. The van der Waals surface area contributed by atoms with Crippen molar-refractivity contribution in [1.29, 1.82) is 0 Å². The lowest BCUT2D eigenvalue weighted by molar-refractivity contribution is 0.0526. The Hall–Kier alpha value is -2.60. The van der Waals surface area contributed by atoms with Gasteiger partial charge in [0.15, 0.2) is 5.11 Å². The molecule has 0 radical (unpaired) electrons. The van der Waals surface area contributed by atoms with E-state index in [9.17, 15) is 4.79 Å². The molecule has 0 saturated heterocycles. The summed E-state index contributed by atoms with van der Waals surface area (Å²) in [6.07, 6.45) is 0.132. The maximum atomic E-state index is 11.8. The average Bonchev–Trinajstić information content (AvgIpc) is 2.60. The lowest BCUT2D eigenvalue weighted by Gasteiger charge is -2.13. The molecule has 2 aromatic rings. The van der Waals surface area contributed by atoms with Gasteiger partial charge in [-0.25, -0.2) is 4.79 Å². The number of ether oxygens (including phenoxy) is 2. The number of esters is 1. The summed E-state index contributed by atoms with van der Waals surface area (Å²) < 4.78 is 10.7. The SMILES string of the molecule is CCOC(=O)c1cccc(NC(=S)NCc2cccc(OC(C)C)c2)c1. The van der Waals surface area contributed by atoms with Crippen LogP contribution in [0, 0.1) is 0 Å². The van der Waals surface area contributed by atoms with Gasteiger partial charge >= 0.3 is 5.97 Å². The van der Waals surface area contributed by atoms with Crippen LogP contribution in [0.3, 0.4) is 0 Å². The van der Waals surface area contributed by atoms with Crippen molar-refractivity contribution in [1.82, 2.24) is 5.32 Å². The van der Waals surface area contributed by atoms with E-state index in [0.29, 0.717) is 23.8 Å². The van der Waals surface area contributed by atoms with E-state index in [2.05, 4.69) is 10.6 Å². The Morgan fingerprint density at radius 3 is 2.65 bits per heavy atom. The first-order valence-electron chi connectivity index (χ1n) is 8.55. The van der Waals surface area contributed by atoms with Gasteiger partial charge in [0.1, 0.15) is 5.75 Å². The Labute approximate surface area is 159 Å². The van der Waals surface area contributed by atoms with Gasteiger partial charge in [0, 0.05) is 12.2 Å². The van der Waals surface area contributed by atoms with Crippen molar-refractivity contribution in [2.45, 2.75) is 33.4 Å². The van der Waals surface area contributed by atoms with Gasteiger partial charge in [-0.2, -0.15) is 0 Å². The summed E-state index contributed by atoms with van der Waals surface area (Å²) >= 11 is 5.33. The van der Waals surface area contributed by atoms with E-state index in [0.717, 1.165) is 17.0 Å². The lowest BCUT2D eigenvalue weighted by Crippen LogP contribution is -2.28. The predicted molar refractivity (Wildman–Crippen MR) is 108 cm³/mol. The van der Waals surface area contributed by atoms with Crippen molar-refractivity contribution >= 4 is 29.0 Å². The van der Waals surface area contributed by atoms with Crippen LogP contribution in [-0.2, 0) is 11.3 Å². The third-order valence-corrected chi connectivity index (χ3v) is 3.60. The molecule has 0 aromatic heterocycles. The van der Waals surface area contributed by atoms with E-state index in [1.54, 1.807) is 25.1 Å². The highest BCUT2D eigenvalue weighted by Crippen LogP contribution is 2.15. The van der Waals surface area contributed by atoms with Gasteiger partial charge in [0.05, 0.1) is 18.3 Å². The lowest BCUT2D eigenvalue weighted by atomic mass is 10.2. The highest BCUT2D eigenvalue weighted by atomic mass is 32.1. The fraction of sp³-hybridized carbons (Fsp3) is 0.300. The number of thiocarbonyl (C=S) groups is 1. The van der Waals surface area contributed by atoms with Crippen molar-refractivity contribution < 1.29 is 14.3 Å². The van der Waals surface area contributed by atoms with Crippen LogP contribution < -0.4 is 15.4 Å². The Kier molecular flexibility index (Phi) is 7.41. The van der Waals surface area contributed by atoms with E-state index in [-0.39, 0.29) is 12.1 Å². The molecule has 0 atom stereocenters. The number of carbonyl (C=O) groups is 1. The number of benzene rings is 2. The normalized spacial score (nSPS) is 10.3. The van der Waals surface area contributed by atoms with Crippen LogP contribution in [-0.4, -0.2) is 23.8 Å². The molecule has 2 N–H and O–H groups in total. The van der Waals surface area contributed by atoms with Crippen LogP contribution >= 0.6 is 12.2 Å². The number of nitrogens with one attached hydrogen (secondary N) is 2. The Morgan fingerprint density at radius 1 is 1.15 bits per heavy atom. The molecule has 26 heavy (non-hydrogen) atoms. The quantitative estimate of drug-likeness (QED) is 0.563. The minimum absolute atomic E-state index is 0.132. The molecular weight excluding hydrogens is 348 g/mol. The summed E-state index contributed by atoms with van der Waals surface area (Å²) in [6, 6.07) is 14.9. The maximum Gasteiger partial charge on any atom is 0.338 e. The van der Waals surface area contributed by atoms with Gasteiger partial charge in [-0.1, -0.05) is 18.2 Å². The molecule has 0 fully saturated rings. The predicted octanol–water partition coefficient (Wildman–Crippen LogP) is 4.14. The van der Waals surface area contributed by atoms with Gasteiger partial charge in [0.2, 0.25) is 0 Å². The number of hydrogen-bond donors (Lipinski definition) is 2. The van der Waals surface area contributed by atoms with Crippen LogP contribution in [0.2, 0.25) is 0 Å². The van der Waals surface area contributed by atoms with Crippen LogP contribution in [0.5, 0.6) is 5.75 Å². The van der Waals surface area contributed by atoms with Crippen molar-refractivity contribution in [2.24, 2.45) is 0 Å². The number of anilines is 1. The Bertz CT molecular complexity index is 762. The zero-order chi connectivity index (χ0) is 18.9. The second-order valence-electron chi connectivity index (χ2n) is 5.92. The first-order chi connectivity index (χ1) is 12.5. The molecule has 0 spiro atoms. The number of rotatable bonds is 7. The fourth-order valence-electron chi connectivity index (χ4n) is 2.30. The molecule has 0 aliphatic heterocycles. The summed E-state index contributed by atoms with van der Waals surface area (Å²) in [7, 11) is 0. The molecule has 5 nitrogen and oxygen atoms in total. The second kappa shape index (κ2) is 9.77. The largest absolute Gasteiger partial charge is 0.491 e. The highest BCUT2D eigenvalue weighted by Gasteiger charge is 2.07. The van der Waals surface area contributed by atoms with Crippen molar-refractivity contribution in [3.05, 3.63) is 59.7 Å². The van der Waals surface area contributed by atoms with Gasteiger partial charge in [-0.05, 0) is 68.9 Å². The molecule has 0 aliphatic carbocycles. The summed E-state index contributed by atoms with van der Waals surface area (Å²) in [5, 5.41) is 6.70. The fourth-order valence-corrected chi connectivity index (χ4v) is 2.49. The van der Waals surface area contributed by atoms with Gasteiger partial charge in [-0.3, -0.25) is 0 Å². The molecule has 0 amide bonds. The molecule has 2 rings (SSSR count). The summed E-state index contributed by atoms with van der Waals surface area (Å²) in [4.78, 5) is 11.8. The standard InChI is InChI=1S/C20H24N2O3S/c1-4-24-19(23)16-8-6-9-17(12-16)22-20(26)21-13-15-7-5-10-18(11-15)25-14(2)3/h5-12,14H,4,13H2,1-3H3,(H2,21,22,26). The van der Waals surface area contributed by atoms with Crippen molar-refractivity contribution in [2.75, 3.05) is 11.9 Å². The van der Waals surface area contributed by atoms with Gasteiger partial charge in [-0.15, -0.1) is 0 Å². The zero-order valence-electron chi connectivity index (χ0n) is 15.2. The monoisotopic (exact) mass is 372 g/mol. The minimum Gasteiger partial charge on any atom is -0.491 e. The first-order valence-corrected chi connectivity index (χ1v) is 8.96. The average molecular weight is 372 g/mol. The van der Waals surface area contributed by atoms with Gasteiger partial charge in [0.25, 0.3) is 0 Å². The first kappa shape index (κ1) is 19.7. The van der Waals surface area contributed by atoms with Crippen LogP contribution in [0.25, 0.3) is 0 Å². The van der Waals surface area contributed by atoms with E-state index in [4.69, 9.17) is 21.7 Å². The van der Waals surface area contributed by atoms with Crippen LogP contribution in [0.4, 0.5) is 5.69 Å². The highest BCUT2D eigenvalue weighted by molar-refractivity contribution is 7.80. The van der Waals surface area contributed by atoms with E-state index < -0.39 is 0 Å². The van der Waals surface area contributed by atoms with Crippen LogP contribution in [0.15, 0.2) is 48.5 Å². The minimum atomic E-state index is -0.350. The molecule has 0 aliphatic rings. The zero-order valence-corrected chi connectivity index (χ0v) is 16.1. The second-order valence-corrected chi connectivity index (χ2v) is 6.33.